The maximum Gasteiger partial charge on any atom is 0.254 e. The number of alkyl halides is 1. The lowest BCUT2D eigenvalue weighted by molar-refractivity contribution is -0.171. The molecule has 1 aliphatic heterocycles. The van der Waals surface area contributed by atoms with Crippen molar-refractivity contribution in [3.63, 3.8) is 0 Å². The second-order valence-electron chi connectivity index (χ2n) is 6.61. The summed E-state index contributed by atoms with van der Waals surface area (Å²) in [7, 11) is 0. The van der Waals surface area contributed by atoms with Gasteiger partial charge in [0.05, 0.1) is 11.2 Å². The molecule has 3 nitrogen and oxygen atoms in total. The predicted molar refractivity (Wildman–Crippen MR) is 81.1 cm³/mol. The molecule has 0 bridgehead atoms. The van der Waals surface area contributed by atoms with Crippen LogP contribution in [0.3, 0.4) is 0 Å². The Morgan fingerprint density at radius 2 is 1.65 bits per heavy atom. The van der Waals surface area contributed by atoms with E-state index < -0.39 is 0 Å². The Hall–Kier alpha value is -1.06. The van der Waals surface area contributed by atoms with Crippen molar-refractivity contribution in [3.05, 3.63) is 35.4 Å². The van der Waals surface area contributed by atoms with Crippen molar-refractivity contribution in [1.29, 1.82) is 0 Å². The van der Waals surface area contributed by atoms with Gasteiger partial charge in [0.15, 0.2) is 0 Å². The maximum absolute atomic E-state index is 12.6. The number of hydrogen-bond donors (Lipinski definition) is 0. The van der Waals surface area contributed by atoms with Gasteiger partial charge in [0.2, 0.25) is 0 Å². The van der Waals surface area contributed by atoms with Crippen molar-refractivity contribution in [1.82, 2.24) is 4.90 Å². The Bertz CT molecular complexity index is 478. The van der Waals surface area contributed by atoms with Gasteiger partial charge in [-0.3, -0.25) is 4.79 Å². The van der Waals surface area contributed by atoms with E-state index in [4.69, 9.17) is 16.3 Å². The summed E-state index contributed by atoms with van der Waals surface area (Å²) >= 11 is 5.77. The van der Waals surface area contributed by atoms with Crippen molar-refractivity contribution in [2.45, 2.75) is 44.8 Å². The molecule has 0 aromatic heterocycles. The fourth-order valence-corrected chi connectivity index (χ4v) is 3.03. The molecule has 1 saturated heterocycles. The number of hydrogen-bond acceptors (Lipinski definition) is 2. The topological polar surface area (TPSA) is 29.5 Å². The summed E-state index contributed by atoms with van der Waals surface area (Å²) in [6, 6.07) is 7.49. The highest BCUT2D eigenvalue weighted by molar-refractivity contribution is 6.17. The van der Waals surface area contributed by atoms with Gasteiger partial charge in [0, 0.05) is 24.5 Å². The van der Waals surface area contributed by atoms with Crippen LogP contribution in [0.4, 0.5) is 0 Å². The Morgan fingerprint density at radius 1 is 1.15 bits per heavy atom. The highest BCUT2D eigenvalue weighted by Gasteiger charge is 2.40. The largest absolute Gasteiger partial charge is 0.366 e. The van der Waals surface area contributed by atoms with E-state index in [1.807, 2.05) is 56.9 Å². The number of morpholine rings is 1. The van der Waals surface area contributed by atoms with Crippen LogP contribution in [0.15, 0.2) is 24.3 Å². The zero-order valence-electron chi connectivity index (χ0n) is 12.6. The summed E-state index contributed by atoms with van der Waals surface area (Å²) in [6.07, 6.45) is 0. The van der Waals surface area contributed by atoms with Crippen LogP contribution in [0.2, 0.25) is 0 Å². The number of ether oxygens (including phenoxy) is 1. The molecule has 4 heteroatoms. The average molecular weight is 296 g/mol. The van der Waals surface area contributed by atoms with E-state index in [-0.39, 0.29) is 17.1 Å². The van der Waals surface area contributed by atoms with Crippen LogP contribution >= 0.6 is 11.6 Å². The molecule has 0 N–H and O–H groups in total. The number of rotatable bonds is 2. The molecule has 0 saturated carbocycles. The standard InChI is InChI=1S/C16H22ClNO2/c1-15(2)10-18(11-16(3,4)20-15)14(19)13-7-5-12(9-17)6-8-13/h5-8H,9-11H2,1-4H3. The third-order valence-corrected chi connectivity index (χ3v) is 3.65. The molecule has 0 unspecified atom stereocenters. The highest BCUT2D eigenvalue weighted by atomic mass is 35.5. The summed E-state index contributed by atoms with van der Waals surface area (Å²) in [4.78, 5) is 14.5. The molecule has 1 heterocycles. The Morgan fingerprint density at radius 3 is 2.10 bits per heavy atom. The van der Waals surface area contributed by atoms with Gasteiger partial charge >= 0.3 is 0 Å². The van der Waals surface area contributed by atoms with Gasteiger partial charge in [-0.2, -0.15) is 0 Å². The first-order valence-corrected chi connectivity index (χ1v) is 7.40. The second-order valence-corrected chi connectivity index (χ2v) is 6.88. The van der Waals surface area contributed by atoms with Crippen LogP contribution < -0.4 is 0 Å². The molecular weight excluding hydrogens is 274 g/mol. The SMILES string of the molecule is CC1(C)CN(C(=O)c2ccc(CCl)cc2)CC(C)(C)O1. The Labute approximate surface area is 125 Å². The Balaban J connectivity index is 2.19. The molecule has 0 radical (unpaired) electrons. The molecule has 0 spiro atoms. The van der Waals surface area contributed by atoms with E-state index in [2.05, 4.69) is 0 Å². The van der Waals surface area contributed by atoms with E-state index in [1.165, 1.54) is 0 Å². The van der Waals surface area contributed by atoms with Crippen LogP contribution in [-0.2, 0) is 10.6 Å². The van der Waals surface area contributed by atoms with Crippen LogP contribution in [0, 0.1) is 0 Å². The summed E-state index contributed by atoms with van der Waals surface area (Å²) in [5, 5.41) is 0. The monoisotopic (exact) mass is 295 g/mol. The van der Waals surface area contributed by atoms with Crippen molar-refractivity contribution < 1.29 is 9.53 Å². The molecule has 20 heavy (non-hydrogen) atoms. The van der Waals surface area contributed by atoms with E-state index in [1.54, 1.807) is 0 Å². The third-order valence-electron chi connectivity index (χ3n) is 3.34. The molecule has 1 aliphatic rings. The molecule has 0 aliphatic carbocycles. The van der Waals surface area contributed by atoms with Crippen LogP contribution in [0.25, 0.3) is 0 Å². The first kappa shape index (κ1) is 15.3. The Kier molecular flexibility index (Phi) is 4.12. The van der Waals surface area contributed by atoms with Gasteiger partial charge < -0.3 is 9.64 Å². The van der Waals surface area contributed by atoms with Gasteiger partial charge in [-0.05, 0) is 45.4 Å². The minimum absolute atomic E-state index is 0.0515. The number of carbonyl (C=O) groups is 1. The van der Waals surface area contributed by atoms with E-state index >= 15 is 0 Å². The second kappa shape index (κ2) is 5.38. The van der Waals surface area contributed by atoms with Gasteiger partial charge in [-0.15, -0.1) is 11.6 Å². The molecule has 1 fully saturated rings. The lowest BCUT2D eigenvalue weighted by Crippen LogP contribution is -2.58. The summed E-state index contributed by atoms with van der Waals surface area (Å²) < 4.78 is 6.00. The summed E-state index contributed by atoms with van der Waals surface area (Å²) in [5.41, 5.74) is 1.07. The molecule has 1 aromatic rings. The van der Waals surface area contributed by atoms with Crippen molar-refractivity contribution >= 4 is 17.5 Å². The average Bonchev–Trinajstić information content (AvgIpc) is 2.34. The molecule has 110 valence electrons. The molecule has 0 atom stereocenters. The minimum atomic E-state index is -0.326. The zero-order chi connectivity index (χ0) is 15.0. The number of amides is 1. The number of carbonyl (C=O) groups excluding carboxylic acids is 1. The molecule has 2 rings (SSSR count). The smallest absolute Gasteiger partial charge is 0.254 e. The van der Waals surface area contributed by atoms with Crippen LogP contribution in [-0.4, -0.2) is 35.1 Å². The summed E-state index contributed by atoms with van der Waals surface area (Å²) in [6.45, 7) is 9.28. The normalized spacial score (nSPS) is 20.8. The molecule has 1 amide bonds. The van der Waals surface area contributed by atoms with E-state index in [0.29, 0.717) is 24.5 Å². The first-order valence-electron chi connectivity index (χ1n) is 6.87. The summed E-state index contributed by atoms with van der Waals surface area (Å²) in [5.74, 6) is 0.516. The highest BCUT2D eigenvalue weighted by Crippen LogP contribution is 2.29. The van der Waals surface area contributed by atoms with Crippen molar-refractivity contribution in [2.75, 3.05) is 13.1 Å². The number of benzene rings is 1. The number of halogens is 1. The quantitative estimate of drug-likeness (QED) is 0.782. The van der Waals surface area contributed by atoms with Gasteiger partial charge in [-0.25, -0.2) is 0 Å². The van der Waals surface area contributed by atoms with Crippen LogP contribution in [0.5, 0.6) is 0 Å². The van der Waals surface area contributed by atoms with Gasteiger partial charge in [0.1, 0.15) is 0 Å². The lowest BCUT2D eigenvalue weighted by Gasteiger charge is -2.47. The first-order chi connectivity index (χ1) is 9.22. The van der Waals surface area contributed by atoms with Crippen LogP contribution in [0.1, 0.15) is 43.6 Å². The van der Waals surface area contributed by atoms with Gasteiger partial charge in [0.25, 0.3) is 5.91 Å². The maximum atomic E-state index is 12.6. The molecule has 1 aromatic carbocycles. The number of nitrogens with zero attached hydrogens (tertiary/aromatic N) is 1. The fourth-order valence-electron chi connectivity index (χ4n) is 2.85. The third kappa shape index (κ3) is 3.53. The van der Waals surface area contributed by atoms with Crippen molar-refractivity contribution in [2.24, 2.45) is 0 Å². The fraction of sp³-hybridized carbons (Fsp3) is 0.562. The lowest BCUT2D eigenvalue weighted by atomic mass is 9.98. The van der Waals surface area contributed by atoms with E-state index in [9.17, 15) is 4.79 Å². The molecular formula is C16H22ClNO2. The zero-order valence-corrected chi connectivity index (χ0v) is 13.3. The van der Waals surface area contributed by atoms with Crippen molar-refractivity contribution in [3.8, 4) is 0 Å². The van der Waals surface area contributed by atoms with E-state index in [0.717, 1.165) is 5.56 Å². The minimum Gasteiger partial charge on any atom is -0.366 e. The van der Waals surface area contributed by atoms with Gasteiger partial charge in [-0.1, -0.05) is 12.1 Å². The predicted octanol–water partition coefficient (Wildman–Crippen LogP) is 3.46.